The number of carboxylic acid groups (broad SMARTS) is 2. The molecule has 2 saturated heterocycles. The third-order valence-corrected chi connectivity index (χ3v) is 6.35. The van der Waals surface area contributed by atoms with E-state index < -0.39 is 11.9 Å². The Kier molecular flexibility index (Phi) is 11.3. The van der Waals surface area contributed by atoms with E-state index in [4.69, 9.17) is 38.2 Å². The van der Waals surface area contributed by atoms with Crippen LogP contribution in [0, 0.1) is 0 Å². The van der Waals surface area contributed by atoms with Gasteiger partial charge in [-0.25, -0.2) is 14.4 Å². The Balaban J connectivity index is 0.000000466. The van der Waals surface area contributed by atoms with Crippen LogP contribution in [0.25, 0.3) is 0 Å². The Morgan fingerprint density at radius 2 is 1.63 bits per heavy atom. The predicted octanol–water partition coefficient (Wildman–Crippen LogP) is 2.62. The summed E-state index contributed by atoms with van der Waals surface area (Å²) in [6, 6.07) is 5.24. The van der Waals surface area contributed by atoms with Gasteiger partial charge >= 0.3 is 18.0 Å². The summed E-state index contributed by atoms with van der Waals surface area (Å²) in [5, 5.41) is 16.6. The van der Waals surface area contributed by atoms with Gasteiger partial charge in [-0.2, -0.15) is 0 Å². The minimum absolute atomic E-state index is 0.0359. The molecule has 192 valence electrons. The van der Waals surface area contributed by atoms with E-state index in [9.17, 15) is 19.2 Å². The Morgan fingerprint density at radius 1 is 1.00 bits per heavy atom. The Labute approximate surface area is 213 Å². The number of carbonyl (C=O) groups excluding carboxylic acids is 2. The van der Waals surface area contributed by atoms with Crippen LogP contribution >= 0.6 is 23.2 Å². The van der Waals surface area contributed by atoms with Gasteiger partial charge < -0.3 is 29.6 Å². The maximum atomic E-state index is 13.0. The van der Waals surface area contributed by atoms with Gasteiger partial charge in [0.2, 0.25) is 5.91 Å². The molecule has 2 aliphatic rings. The summed E-state index contributed by atoms with van der Waals surface area (Å²) in [6.07, 6.45) is 3.42. The van der Waals surface area contributed by atoms with Gasteiger partial charge in [-0.15, -0.1) is 0 Å². The topological polar surface area (TPSA) is 128 Å². The number of ether oxygens (including phenoxy) is 1. The van der Waals surface area contributed by atoms with Crippen molar-refractivity contribution in [1.82, 2.24) is 14.7 Å². The average molecular weight is 529 g/mol. The molecule has 0 bridgehead atoms. The van der Waals surface area contributed by atoms with Crippen molar-refractivity contribution in [2.75, 3.05) is 46.4 Å². The van der Waals surface area contributed by atoms with E-state index >= 15 is 0 Å². The molecule has 1 unspecified atom stereocenters. The smallest absolute Gasteiger partial charge is 0.409 e. The van der Waals surface area contributed by atoms with Gasteiger partial charge in [0, 0.05) is 38.3 Å². The zero-order chi connectivity index (χ0) is 26.0. The number of carboxylic acids is 2. The van der Waals surface area contributed by atoms with E-state index in [2.05, 4.69) is 4.90 Å². The number of nitrogens with zero attached hydrogens (tertiary/aromatic N) is 3. The fraction of sp³-hybridized carbons (Fsp3) is 0.478. The third kappa shape index (κ3) is 9.39. The molecule has 12 heteroatoms. The molecule has 0 spiro atoms. The molecule has 0 saturated carbocycles. The first-order chi connectivity index (χ1) is 16.6. The number of carbonyl (C=O) groups is 4. The van der Waals surface area contributed by atoms with E-state index in [0.29, 0.717) is 41.8 Å². The second kappa shape index (κ2) is 13.9. The SMILES string of the molecule is O=C(O)/C=C/C(=O)O.[11CH3]OC(=O)N1CCN(C(=O)Cc2ccc(Cl)c(Cl)c2)C(CN2CCCC2)C1. The second-order valence-electron chi connectivity index (χ2n) is 8.10. The number of likely N-dealkylation sites (tertiary alicyclic amines) is 1. The molecule has 0 aliphatic carbocycles. The highest BCUT2D eigenvalue weighted by molar-refractivity contribution is 6.42. The molecule has 0 radical (unpaired) electrons. The first-order valence-electron chi connectivity index (χ1n) is 11.0. The number of methoxy groups -OCH3 is 1. The van der Waals surface area contributed by atoms with Crippen molar-refractivity contribution in [3.05, 3.63) is 46.0 Å². The van der Waals surface area contributed by atoms with E-state index in [1.807, 2.05) is 11.0 Å². The van der Waals surface area contributed by atoms with Crippen LogP contribution in [0.4, 0.5) is 4.79 Å². The minimum atomic E-state index is -1.26. The Bertz CT molecular complexity index is 935. The number of rotatable bonds is 6. The molecule has 10 nitrogen and oxygen atoms in total. The molecule has 2 fully saturated rings. The second-order valence-corrected chi connectivity index (χ2v) is 8.91. The van der Waals surface area contributed by atoms with Crippen molar-refractivity contribution < 1.29 is 34.1 Å². The highest BCUT2D eigenvalue weighted by atomic mass is 35.5. The van der Waals surface area contributed by atoms with Crippen LogP contribution in [0.1, 0.15) is 18.4 Å². The lowest BCUT2D eigenvalue weighted by molar-refractivity contribution is -0.135. The summed E-state index contributed by atoms with van der Waals surface area (Å²) in [6.45, 7) is 4.36. The van der Waals surface area contributed by atoms with Gasteiger partial charge in [0.25, 0.3) is 0 Å². The predicted molar refractivity (Wildman–Crippen MR) is 130 cm³/mol. The molecular formula is C23H29Cl2N3O7. The lowest BCUT2D eigenvalue weighted by atomic mass is 10.1. The van der Waals surface area contributed by atoms with Gasteiger partial charge in [-0.1, -0.05) is 29.3 Å². The highest BCUT2D eigenvalue weighted by Crippen LogP contribution is 2.24. The van der Waals surface area contributed by atoms with Crippen molar-refractivity contribution in [3.63, 3.8) is 0 Å². The van der Waals surface area contributed by atoms with Crippen molar-refractivity contribution in [1.29, 1.82) is 0 Å². The highest BCUT2D eigenvalue weighted by Gasteiger charge is 2.34. The maximum Gasteiger partial charge on any atom is 0.409 e. The van der Waals surface area contributed by atoms with E-state index in [1.165, 1.54) is 20.0 Å². The molecule has 1 atom stereocenters. The first kappa shape index (κ1) is 28.4. The lowest BCUT2D eigenvalue weighted by Crippen LogP contribution is -2.59. The first-order valence-corrected chi connectivity index (χ1v) is 11.8. The van der Waals surface area contributed by atoms with E-state index in [1.54, 1.807) is 17.0 Å². The van der Waals surface area contributed by atoms with Crippen molar-refractivity contribution in [3.8, 4) is 0 Å². The lowest BCUT2D eigenvalue weighted by Gasteiger charge is -2.42. The number of aliphatic carboxylic acids is 2. The van der Waals surface area contributed by atoms with Crippen LogP contribution in [0.5, 0.6) is 0 Å². The molecular weight excluding hydrogens is 500 g/mol. The monoisotopic (exact) mass is 528 g/mol. The average Bonchev–Trinajstić information content (AvgIpc) is 3.33. The fourth-order valence-corrected chi connectivity index (χ4v) is 4.29. The van der Waals surface area contributed by atoms with Gasteiger partial charge in [-0.3, -0.25) is 4.79 Å². The van der Waals surface area contributed by atoms with E-state index in [0.717, 1.165) is 25.2 Å². The summed E-state index contributed by atoms with van der Waals surface area (Å²) in [5.41, 5.74) is 0.838. The molecule has 2 aliphatic heterocycles. The van der Waals surface area contributed by atoms with Crippen LogP contribution in [0.2, 0.25) is 10.0 Å². The molecule has 35 heavy (non-hydrogen) atoms. The van der Waals surface area contributed by atoms with Crippen LogP contribution in [-0.2, 0) is 25.5 Å². The Morgan fingerprint density at radius 3 is 2.17 bits per heavy atom. The zero-order valence-corrected chi connectivity index (χ0v) is 20.9. The normalized spacial score (nSPS) is 18.2. The van der Waals surface area contributed by atoms with Gasteiger partial charge in [0.1, 0.15) is 0 Å². The van der Waals surface area contributed by atoms with Crippen LogP contribution < -0.4 is 0 Å². The van der Waals surface area contributed by atoms with E-state index in [-0.39, 0.29) is 24.5 Å². The number of hydrogen-bond donors (Lipinski definition) is 2. The summed E-state index contributed by atoms with van der Waals surface area (Å²) < 4.78 is 4.87. The quantitative estimate of drug-likeness (QED) is 0.539. The number of benzene rings is 1. The molecule has 0 aromatic heterocycles. The summed E-state index contributed by atoms with van der Waals surface area (Å²) in [5.74, 6) is -2.47. The fourth-order valence-electron chi connectivity index (χ4n) is 3.97. The van der Waals surface area contributed by atoms with Crippen LogP contribution in [0.15, 0.2) is 30.4 Å². The zero-order valence-electron chi connectivity index (χ0n) is 19.4. The summed E-state index contributed by atoms with van der Waals surface area (Å²) in [7, 11) is 1.39. The van der Waals surface area contributed by atoms with Crippen LogP contribution in [-0.4, -0.2) is 101 Å². The Hall–Kier alpha value is -2.82. The molecule has 1 aromatic rings. The molecule has 1 aromatic carbocycles. The number of amides is 2. The number of piperazine rings is 1. The van der Waals surface area contributed by atoms with Gasteiger partial charge in [0.15, 0.2) is 0 Å². The minimum Gasteiger partial charge on any atom is -0.478 e. The van der Waals surface area contributed by atoms with Gasteiger partial charge in [0.05, 0.1) is 29.6 Å². The maximum absolute atomic E-state index is 13.0. The van der Waals surface area contributed by atoms with Crippen molar-refractivity contribution >= 4 is 47.1 Å². The van der Waals surface area contributed by atoms with Gasteiger partial charge in [-0.05, 0) is 43.6 Å². The molecule has 2 heterocycles. The standard InChI is InChI=1S/C19H25Cl2N3O3.C4H4O4/c1-27-19(26)23-8-9-24(15(13-23)12-22-6-2-3-7-22)18(25)11-14-4-5-16(20)17(21)10-14;5-3(6)1-2-4(7)8/h4-5,10,15H,2-3,6-9,11-13H2,1H3;1-2H,(H,5,6)(H,7,8)/b;2-1+/i1-1;. The van der Waals surface area contributed by atoms with Crippen molar-refractivity contribution in [2.45, 2.75) is 25.3 Å². The molecule has 2 amide bonds. The molecule has 3 rings (SSSR count). The largest absolute Gasteiger partial charge is 0.478 e. The number of hydrogen-bond acceptors (Lipinski definition) is 6. The number of halogens is 2. The van der Waals surface area contributed by atoms with Crippen molar-refractivity contribution in [2.24, 2.45) is 0 Å². The summed E-state index contributed by atoms with van der Waals surface area (Å²) >= 11 is 12.0. The molecule has 2 N–H and O–H groups in total. The van der Waals surface area contributed by atoms with Crippen LogP contribution in [0.3, 0.4) is 0 Å². The summed E-state index contributed by atoms with van der Waals surface area (Å²) in [4.78, 5) is 50.0. The third-order valence-electron chi connectivity index (χ3n) is 5.61.